The Morgan fingerprint density at radius 3 is 2.23 bits per heavy atom. The SMILES string of the molecule is COc1cc(NC(=O)Cc2csc(NC(=O)c3ccc(F)cc3)n2)cc(OC)c1OC. The number of carbonyl (C=O) groups excluding carboxylic acids is 2. The summed E-state index contributed by atoms with van der Waals surface area (Å²) in [5, 5.41) is 7.40. The van der Waals surface area contributed by atoms with Crippen molar-refractivity contribution in [3.63, 3.8) is 0 Å². The van der Waals surface area contributed by atoms with E-state index < -0.39 is 11.7 Å². The van der Waals surface area contributed by atoms with E-state index in [1.54, 1.807) is 17.5 Å². The second-order valence-electron chi connectivity index (χ2n) is 6.24. The van der Waals surface area contributed by atoms with Crippen molar-refractivity contribution in [2.75, 3.05) is 32.0 Å². The Morgan fingerprint density at radius 1 is 1.00 bits per heavy atom. The highest BCUT2D eigenvalue weighted by Gasteiger charge is 2.16. The number of methoxy groups -OCH3 is 3. The fourth-order valence-electron chi connectivity index (χ4n) is 2.74. The number of nitrogens with one attached hydrogen (secondary N) is 2. The molecule has 162 valence electrons. The fraction of sp³-hybridized carbons (Fsp3) is 0.190. The minimum atomic E-state index is -0.425. The molecule has 0 radical (unpaired) electrons. The van der Waals surface area contributed by atoms with Gasteiger partial charge in [0.25, 0.3) is 5.91 Å². The number of nitrogens with zero attached hydrogens (tertiary/aromatic N) is 1. The third-order valence-electron chi connectivity index (χ3n) is 4.17. The Bertz CT molecular complexity index is 1060. The first-order valence-electron chi connectivity index (χ1n) is 9.04. The highest BCUT2D eigenvalue weighted by molar-refractivity contribution is 7.14. The minimum Gasteiger partial charge on any atom is -0.493 e. The van der Waals surface area contributed by atoms with Gasteiger partial charge >= 0.3 is 0 Å². The predicted octanol–water partition coefficient (Wildman–Crippen LogP) is 3.74. The molecule has 0 atom stereocenters. The van der Waals surface area contributed by atoms with Crippen molar-refractivity contribution in [3.05, 3.63) is 58.9 Å². The molecule has 2 amide bonds. The van der Waals surface area contributed by atoms with Crippen molar-refractivity contribution in [1.29, 1.82) is 0 Å². The molecular weight excluding hydrogens is 425 g/mol. The number of hydrogen-bond donors (Lipinski definition) is 2. The van der Waals surface area contributed by atoms with Crippen LogP contribution in [0.15, 0.2) is 41.8 Å². The van der Waals surface area contributed by atoms with Crippen LogP contribution < -0.4 is 24.8 Å². The lowest BCUT2D eigenvalue weighted by atomic mass is 10.2. The number of halogens is 1. The van der Waals surface area contributed by atoms with Crippen molar-refractivity contribution in [2.45, 2.75) is 6.42 Å². The summed E-state index contributed by atoms with van der Waals surface area (Å²) in [7, 11) is 4.47. The van der Waals surface area contributed by atoms with E-state index in [1.165, 1.54) is 56.9 Å². The molecule has 0 aliphatic rings. The van der Waals surface area contributed by atoms with Gasteiger partial charge in [-0.1, -0.05) is 0 Å². The van der Waals surface area contributed by atoms with Crippen LogP contribution in [0.3, 0.4) is 0 Å². The van der Waals surface area contributed by atoms with Crippen LogP contribution in [0.25, 0.3) is 0 Å². The Morgan fingerprint density at radius 2 is 1.65 bits per heavy atom. The molecule has 31 heavy (non-hydrogen) atoms. The smallest absolute Gasteiger partial charge is 0.257 e. The number of amides is 2. The van der Waals surface area contributed by atoms with Gasteiger partial charge in [-0.25, -0.2) is 9.37 Å². The van der Waals surface area contributed by atoms with Gasteiger partial charge in [-0.05, 0) is 24.3 Å². The van der Waals surface area contributed by atoms with E-state index in [9.17, 15) is 14.0 Å². The van der Waals surface area contributed by atoms with Crippen molar-refractivity contribution >= 4 is 34.0 Å². The van der Waals surface area contributed by atoms with Crippen molar-refractivity contribution in [3.8, 4) is 17.2 Å². The summed E-state index contributed by atoms with van der Waals surface area (Å²) in [5.74, 6) is 0.0993. The molecular formula is C21H20FN3O5S. The lowest BCUT2D eigenvalue weighted by molar-refractivity contribution is -0.115. The van der Waals surface area contributed by atoms with Gasteiger partial charge in [0.15, 0.2) is 16.6 Å². The van der Waals surface area contributed by atoms with Crippen molar-refractivity contribution < 1.29 is 28.2 Å². The molecule has 0 bridgehead atoms. The van der Waals surface area contributed by atoms with E-state index in [1.807, 2.05) is 0 Å². The molecule has 8 nitrogen and oxygen atoms in total. The van der Waals surface area contributed by atoms with Crippen molar-refractivity contribution in [2.24, 2.45) is 0 Å². The Balaban J connectivity index is 1.63. The maximum Gasteiger partial charge on any atom is 0.257 e. The number of benzene rings is 2. The average molecular weight is 445 g/mol. The fourth-order valence-corrected chi connectivity index (χ4v) is 3.44. The normalized spacial score (nSPS) is 10.3. The summed E-state index contributed by atoms with van der Waals surface area (Å²) in [6.07, 6.45) is -0.000418. The summed E-state index contributed by atoms with van der Waals surface area (Å²) in [5.41, 5.74) is 1.27. The predicted molar refractivity (Wildman–Crippen MR) is 115 cm³/mol. The van der Waals surface area contributed by atoms with Crippen LogP contribution in [0.4, 0.5) is 15.2 Å². The molecule has 0 unspecified atom stereocenters. The van der Waals surface area contributed by atoms with Gasteiger partial charge < -0.3 is 19.5 Å². The molecule has 2 N–H and O–H groups in total. The Hall–Kier alpha value is -3.66. The molecule has 0 aliphatic heterocycles. The standard InChI is InChI=1S/C21H20FN3O5S/c1-28-16-8-14(9-17(29-2)19(16)30-3)23-18(26)10-15-11-31-21(24-15)25-20(27)12-4-6-13(22)7-5-12/h4-9,11H,10H2,1-3H3,(H,23,26)(H,24,25,27). The number of rotatable bonds is 8. The Labute approximate surface area is 182 Å². The van der Waals surface area contributed by atoms with E-state index in [0.717, 1.165) is 0 Å². The van der Waals surface area contributed by atoms with Gasteiger partial charge in [-0.2, -0.15) is 0 Å². The summed E-state index contributed by atoms with van der Waals surface area (Å²) in [6, 6.07) is 8.41. The van der Waals surface area contributed by atoms with Crippen LogP contribution >= 0.6 is 11.3 Å². The molecule has 10 heteroatoms. The number of thiazole rings is 1. The molecule has 1 heterocycles. The van der Waals surface area contributed by atoms with Gasteiger partial charge in [-0.15, -0.1) is 11.3 Å². The zero-order valence-corrected chi connectivity index (χ0v) is 17.8. The lowest BCUT2D eigenvalue weighted by Crippen LogP contribution is -2.15. The minimum absolute atomic E-state index is 0.000418. The largest absolute Gasteiger partial charge is 0.493 e. The van der Waals surface area contributed by atoms with E-state index in [4.69, 9.17) is 14.2 Å². The van der Waals surface area contributed by atoms with E-state index in [0.29, 0.717) is 39.3 Å². The quantitative estimate of drug-likeness (QED) is 0.548. The third-order valence-corrected chi connectivity index (χ3v) is 4.98. The number of aromatic nitrogens is 1. The monoisotopic (exact) mass is 445 g/mol. The molecule has 3 rings (SSSR count). The maximum atomic E-state index is 13.0. The summed E-state index contributed by atoms with van der Waals surface area (Å²) < 4.78 is 28.8. The number of hydrogen-bond acceptors (Lipinski definition) is 7. The van der Waals surface area contributed by atoms with E-state index >= 15 is 0 Å². The zero-order chi connectivity index (χ0) is 22.4. The first kappa shape index (κ1) is 22.0. The third kappa shape index (κ3) is 5.48. The van der Waals surface area contributed by atoms with Crippen LogP contribution in [0.5, 0.6) is 17.2 Å². The average Bonchev–Trinajstić information content (AvgIpc) is 3.19. The molecule has 1 aromatic heterocycles. The molecule has 3 aromatic rings. The van der Waals surface area contributed by atoms with E-state index in [2.05, 4.69) is 15.6 Å². The summed E-state index contributed by atoms with van der Waals surface area (Å²) in [6.45, 7) is 0. The first-order valence-corrected chi connectivity index (χ1v) is 9.92. The van der Waals surface area contributed by atoms with Crippen LogP contribution in [0.1, 0.15) is 16.1 Å². The molecule has 0 aliphatic carbocycles. The van der Waals surface area contributed by atoms with Crippen LogP contribution in [-0.4, -0.2) is 38.1 Å². The van der Waals surface area contributed by atoms with Gasteiger partial charge in [0.05, 0.1) is 33.4 Å². The van der Waals surface area contributed by atoms with Crippen molar-refractivity contribution in [1.82, 2.24) is 4.98 Å². The van der Waals surface area contributed by atoms with Gasteiger partial charge in [0.1, 0.15) is 5.82 Å². The van der Waals surface area contributed by atoms with Crippen LogP contribution in [0.2, 0.25) is 0 Å². The summed E-state index contributed by atoms with van der Waals surface area (Å²) in [4.78, 5) is 28.9. The molecule has 2 aromatic carbocycles. The molecule has 0 saturated carbocycles. The van der Waals surface area contributed by atoms with Crippen LogP contribution in [-0.2, 0) is 11.2 Å². The lowest BCUT2D eigenvalue weighted by Gasteiger charge is -2.14. The molecule has 0 saturated heterocycles. The van der Waals surface area contributed by atoms with Gasteiger partial charge in [0.2, 0.25) is 11.7 Å². The topological polar surface area (TPSA) is 98.8 Å². The molecule has 0 fully saturated rings. The maximum absolute atomic E-state index is 13.0. The highest BCUT2D eigenvalue weighted by Crippen LogP contribution is 2.39. The Kier molecular flexibility index (Phi) is 7.03. The zero-order valence-electron chi connectivity index (χ0n) is 17.0. The van der Waals surface area contributed by atoms with Gasteiger partial charge in [-0.3, -0.25) is 14.9 Å². The second-order valence-corrected chi connectivity index (χ2v) is 7.10. The number of ether oxygens (including phenoxy) is 3. The van der Waals surface area contributed by atoms with Crippen LogP contribution in [0, 0.1) is 5.82 Å². The second kappa shape index (κ2) is 9.90. The summed E-state index contributed by atoms with van der Waals surface area (Å²) >= 11 is 1.19. The van der Waals surface area contributed by atoms with Gasteiger partial charge in [0, 0.05) is 28.8 Å². The molecule has 0 spiro atoms. The highest BCUT2D eigenvalue weighted by atomic mass is 32.1. The number of anilines is 2. The number of carbonyl (C=O) groups is 2. The first-order chi connectivity index (χ1) is 14.9. The van der Waals surface area contributed by atoms with E-state index in [-0.39, 0.29) is 12.3 Å².